The molecule has 0 aromatic heterocycles. The molecule has 0 spiro atoms. The highest BCUT2D eigenvalue weighted by Gasteiger charge is 2.04. The fraction of sp³-hybridized carbons (Fsp3) is 0.0714. The second-order valence-electron chi connectivity index (χ2n) is 7.28. The molecule has 1 N–H and O–H groups in total. The van der Waals surface area contributed by atoms with Gasteiger partial charge in [0.15, 0.2) is 6.61 Å². The van der Waals surface area contributed by atoms with Gasteiger partial charge in [0.2, 0.25) is 0 Å². The topological polar surface area (TPSA) is 59.9 Å². The first-order chi connectivity index (χ1) is 16.3. The Kier molecular flexibility index (Phi) is 7.48. The number of amides is 1. The van der Waals surface area contributed by atoms with Gasteiger partial charge in [-0.1, -0.05) is 84.9 Å². The number of rotatable bonds is 9. The lowest BCUT2D eigenvalue weighted by atomic mass is 10.1. The zero-order valence-electron chi connectivity index (χ0n) is 18.1. The maximum absolute atomic E-state index is 12.1. The monoisotopic (exact) mass is 436 g/mol. The molecule has 0 saturated heterocycles. The van der Waals surface area contributed by atoms with E-state index in [2.05, 4.69) is 10.5 Å². The van der Waals surface area contributed by atoms with Gasteiger partial charge < -0.3 is 9.47 Å². The average molecular weight is 437 g/mol. The minimum Gasteiger partial charge on any atom is -0.488 e. The van der Waals surface area contributed by atoms with Crippen molar-refractivity contribution in [2.24, 2.45) is 5.10 Å². The van der Waals surface area contributed by atoms with Crippen molar-refractivity contribution < 1.29 is 14.3 Å². The van der Waals surface area contributed by atoms with E-state index in [1.165, 1.54) is 0 Å². The lowest BCUT2D eigenvalue weighted by Crippen LogP contribution is -2.24. The van der Waals surface area contributed by atoms with Crippen molar-refractivity contribution in [3.8, 4) is 22.6 Å². The molecule has 0 aliphatic carbocycles. The summed E-state index contributed by atoms with van der Waals surface area (Å²) in [5.74, 6) is 0.962. The van der Waals surface area contributed by atoms with Gasteiger partial charge in [-0.25, -0.2) is 5.43 Å². The normalized spacial score (nSPS) is 10.7. The van der Waals surface area contributed by atoms with E-state index < -0.39 is 0 Å². The maximum Gasteiger partial charge on any atom is 0.277 e. The van der Waals surface area contributed by atoms with Gasteiger partial charge in [-0.3, -0.25) is 4.79 Å². The van der Waals surface area contributed by atoms with E-state index in [0.29, 0.717) is 18.1 Å². The molecule has 0 fully saturated rings. The minimum absolute atomic E-state index is 0.131. The summed E-state index contributed by atoms with van der Waals surface area (Å²) >= 11 is 0. The Balaban J connectivity index is 1.26. The SMILES string of the molecule is O=C(COc1ccc(-c2ccccc2)cc1)N/N=C\c1ccccc1OCc1ccccc1. The molecule has 4 rings (SSSR count). The number of nitrogens with zero attached hydrogens (tertiary/aromatic N) is 1. The van der Waals surface area contributed by atoms with E-state index >= 15 is 0 Å². The van der Waals surface area contributed by atoms with Gasteiger partial charge in [0.25, 0.3) is 5.91 Å². The van der Waals surface area contributed by atoms with E-state index in [9.17, 15) is 4.79 Å². The van der Waals surface area contributed by atoms with Crippen LogP contribution in [0.5, 0.6) is 11.5 Å². The Morgan fingerprint density at radius 3 is 2.12 bits per heavy atom. The van der Waals surface area contributed by atoms with Gasteiger partial charge in [-0.05, 0) is 41.0 Å². The highest BCUT2D eigenvalue weighted by Crippen LogP contribution is 2.22. The molecule has 4 aromatic carbocycles. The molecule has 0 saturated carbocycles. The first-order valence-electron chi connectivity index (χ1n) is 10.6. The van der Waals surface area contributed by atoms with Gasteiger partial charge in [0, 0.05) is 5.56 Å². The second kappa shape index (κ2) is 11.3. The van der Waals surface area contributed by atoms with Crippen LogP contribution in [0.2, 0.25) is 0 Å². The molecule has 33 heavy (non-hydrogen) atoms. The van der Waals surface area contributed by atoms with Crippen molar-refractivity contribution in [1.82, 2.24) is 5.43 Å². The molecule has 5 nitrogen and oxygen atoms in total. The smallest absolute Gasteiger partial charge is 0.277 e. The van der Waals surface area contributed by atoms with Crippen LogP contribution in [0.1, 0.15) is 11.1 Å². The molecule has 1 amide bonds. The van der Waals surface area contributed by atoms with Crippen molar-refractivity contribution in [1.29, 1.82) is 0 Å². The maximum atomic E-state index is 12.1. The Labute approximate surface area is 193 Å². The summed E-state index contributed by atoms with van der Waals surface area (Å²) in [4.78, 5) is 12.1. The van der Waals surface area contributed by atoms with E-state index in [1.54, 1.807) is 6.21 Å². The number of benzene rings is 4. The predicted molar refractivity (Wildman–Crippen MR) is 130 cm³/mol. The van der Waals surface area contributed by atoms with Crippen molar-refractivity contribution >= 4 is 12.1 Å². The molecular formula is C28H24N2O3. The zero-order chi connectivity index (χ0) is 22.7. The Bertz CT molecular complexity index is 1190. The van der Waals surface area contributed by atoms with E-state index in [0.717, 1.165) is 22.3 Å². The molecule has 164 valence electrons. The third-order valence-electron chi connectivity index (χ3n) is 4.88. The van der Waals surface area contributed by atoms with Crippen LogP contribution in [0, 0.1) is 0 Å². The largest absolute Gasteiger partial charge is 0.488 e. The van der Waals surface area contributed by atoms with Gasteiger partial charge in [0.1, 0.15) is 18.1 Å². The number of hydrogen-bond acceptors (Lipinski definition) is 4. The van der Waals surface area contributed by atoms with E-state index in [1.807, 2.05) is 109 Å². The van der Waals surface area contributed by atoms with Crippen LogP contribution in [0.15, 0.2) is 114 Å². The number of carbonyl (C=O) groups excluding carboxylic acids is 1. The fourth-order valence-corrected chi connectivity index (χ4v) is 3.18. The molecule has 5 heteroatoms. The first-order valence-corrected chi connectivity index (χ1v) is 10.6. The number of carbonyl (C=O) groups is 1. The van der Waals surface area contributed by atoms with Gasteiger partial charge in [-0.2, -0.15) is 5.10 Å². The number of para-hydroxylation sites is 1. The van der Waals surface area contributed by atoms with Crippen LogP contribution < -0.4 is 14.9 Å². The quantitative estimate of drug-likeness (QED) is 0.280. The number of hydrazone groups is 1. The summed E-state index contributed by atoms with van der Waals surface area (Å²) in [5.41, 5.74) is 6.55. The summed E-state index contributed by atoms with van der Waals surface area (Å²) in [6.07, 6.45) is 1.56. The van der Waals surface area contributed by atoms with Crippen LogP contribution in [-0.4, -0.2) is 18.7 Å². The standard InChI is InChI=1S/C28H24N2O3/c31-28(21-32-26-17-15-24(16-18-26)23-11-5-2-6-12-23)30-29-19-25-13-7-8-14-27(25)33-20-22-9-3-1-4-10-22/h1-19H,20-21H2,(H,30,31)/b29-19-. The van der Waals surface area contributed by atoms with Gasteiger partial charge in [-0.15, -0.1) is 0 Å². The van der Waals surface area contributed by atoms with Gasteiger partial charge >= 0.3 is 0 Å². The zero-order valence-corrected chi connectivity index (χ0v) is 18.1. The van der Waals surface area contributed by atoms with Crippen molar-refractivity contribution in [2.75, 3.05) is 6.61 Å². The summed E-state index contributed by atoms with van der Waals surface area (Å²) in [6.45, 7) is 0.323. The fourth-order valence-electron chi connectivity index (χ4n) is 3.18. The molecule has 0 aliphatic rings. The Morgan fingerprint density at radius 2 is 1.36 bits per heavy atom. The molecule has 0 heterocycles. The van der Waals surface area contributed by atoms with Crippen molar-refractivity contribution in [3.05, 3.63) is 120 Å². The average Bonchev–Trinajstić information content (AvgIpc) is 2.88. The van der Waals surface area contributed by atoms with E-state index in [4.69, 9.17) is 9.47 Å². The molecule has 4 aromatic rings. The first kappa shape index (κ1) is 21.8. The van der Waals surface area contributed by atoms with Crippen LogP contribution in [-0.2, 0) is 11.4 Å². The third-order valence-corrected chi connectivity index (χ3v) is 4.88. The second-order valence-corrected chi connectivity index (χ2v) is 7.28. The predicted octanol–water partition coefficient (Wildman–Crippen LogP) is 5.46. The summed E-state index contributed by atoms with van der Waals surface area (Å²) in [6, 6.07) is 35.2. The van der Waals surface area contributed by atoms with Crippen LogP contribution in [0.4, 0.5) is 0 Å². The summed E-state index contributed by atoms with van der Waals surface area (Å²) < 4.78 is 11.5. The molecule has 0 aliphatic heterocycles. The van der Waals surface area contributed by atoms with Crippen LogP contribution in [0.3, 0.4) is 0 Å². The Morgan fingerprint density at radius 1 is 0.727 bits per heavy atom. The minimum atomic E-state index is -0.346. The lowest BCUT2D eigenvalue weighted by Gasteiger charge is -2.09. The van der Waals surface area contributed by atoms with Gasteiger partial charge in [0.05, 0.1) is 6.21 Å². The number of ether oxygens (including phenoxy) is 2. The third kappa shape index (κ3) is 6.55. The van der Waals surface area contributed by atoms with Crippen molar-refractivity contribution in [2.45, 2.75) is 6.61 Å². The van der Waals surface area contributed by atoms with Crippen LogP contribution in [0.25, 0.3) is 11.1 Å². The van der Waals surface area contributed by atoms with Crippen molar-refractivity contribution in [3.63, 3.8) is 0 Å². The molecule has 0 radical (unpaired) electrons. The summed E-state index contributed by atoms with van der Waals surface area (Å²) in [7, 11) is 0. The Hall–Kier alpha value is -4.38. The molecule has 0 unspecified atom stereocenters. The number of hydrogen-bond donors (Lipinski definition) is 1. The molecule has 0 bridgehead atoms. The lowest BCUT2D eigenvalue weighted by molar-refractivity contribution is -0.123. The number of nitrogens with one attached hydrogen (secondary N) is 1. The molecular weight excluding hydrogens is 412 g/mol. The molecule has 0 atom stereocenters. The van der Waals surface area contributed by atoms with Crippen LogP contribution >= 0.6 is 0 Å². The van der Waals surface area contributed by atoms with E-state index in [-0.39, 0.29) is 12.5 Å². The summed E-state index contributed by atoms with van der Waals surface area (Å²) in [5, 5.41) is 4.04. The highest BCUT2D eigenvalue weighted by atomic mass is 16.5. The highest BCUT2D eigenvalue weighted by molar-refractivity contribution is 5.85.